The molecule has 1 aromatic heterocycles. The van der Waals surface area contributed by atoms with E-state index in [9.17, 15) is 22.8 Å². The molecule has 0 unspecified atom stereocenters. The fraction of sp³-hybridized carbons (Fsp3) is 0.480. The minimum atomic E-state index is -4.14. The van der Waals surface area contributed by atoms with Gasteiger partial charge < -0.3 is 20.3 Å². The van der Waals surface area contributed by atoms with Gasteiger partial charge in [0.1, 0.15) is 6.10 Å². The van der Waals surface area contributed by atoms with Crippen LogP contribution in [0.2, 0.25) is 0 Å². The Morgan fingerprint density at radius 1 is 1.00 bits per heavy atom. The average molecular weight is 573 g/mol. The van der Waals surface area contributed by atoms with Crippen molar-refractivity contribution in [3.05, 3.63) is 53.5 Å². The van der Waals surface area contributed by atoms with Crippen LogP contribution in [-0.4, -0.2) is 97.0 Å². The Morgan fingerprint density at radius 2 is 1.70 bits per heavy atom. The second kappa shape index (κ2) is 12.1. The SMILES string of the molecule is O=C(NS(=O)(=O)N1CCN(C(=O)Nc2nccnc2C(=O)NC2Cc3ccccc3C2)CC1)O[C@@H]1CCCNC1. The van der Waals surface area contributed by atoms with Crippen LogP contribution < -0.4 is 20.7 Å². The molecule has 5 rings (SSSR count). The summed E-state index contributed by atoms with van der Waals surface area (Å²) >= 11 is 0. The van der Waals surface area contributed by atoms with Crippen LogP contribution in [0.3, 0.4) is 0 Å². The molecule has 4 N–H and O–H groups in total. The van der Waals surface area contributed by atoms with E-state index in [1.54, 1.807) is 0 Å². The largest absolute Gasteiger partial charge is 0.444 e. The summed E-state index contributed by atoms with van der Waals surface area (Å²) in [6.45, 7) is 1.38. The lowest BCUT2D eigenvalue weighted by atomic mass is 10.1. The molecule has 3 heterocycles. The molecule has 14 nitrogen and oxygen atoms in total. The zero-order valence-corrected chi connectivity index (χ0v) is 22.7. The molecule has 1 aliphatic carbocycles. The molecule has 2 aromatic rings. The second-order valence-electron chi connectivity index (χ2n) is 9.90. The van der Waals surface area contributed by atoms with Crippen molar-refractivity contribution in [1.82, 2.24) is 34.5 Å². The van der Waals surface area contributed by atoms with Gasteiger partial charge in [0.05, 0.1) is 0 Å². The third-order valence-electron chi connectivity index (χ3n) is 7.13. The predicted molar refractivity (Wildman–Crippen MR) is 144 cm³/mol. The van der Waals surface area contributed by atoms with E-state index in [0.717, 1.165) is 17.3 Å². The van der Waals surface area contributed by atoms with Gasteiger partial charge in [-0.05, 0) is 43.4 Å². The fourth-order valence-electron chi connectivity index (χ4n) is 5.09. The molecular weight excluding hydrogens is 540 g/mol. The van der Waals surface area contributed by atoms with Crippen molar-refractivity contribution >= 4 is 34.1 Å². The molecule has 0 radical (unpaired) electrons. The molecular formula is C25H32N8O6S. The van der Waals surface area contributed by atoms with Crippen molar-refractivity contribution in [3.8, 4) is 0 Å². The molecule has 1 atom stereocenters. The van der Waals surface area contributed by atoms with Gasteiger partial charge in [-0.1, -0.05) is 24.3 Å². The second-order valence-corrected chi connectivity index (χ2v) is 11.6. The number of piperidine rings is 1. The molecule has 0 bridgehead atoms. The normalized spacial score (nSPS) is 19.9. The van der Waals surface area contributed by atoms with E-state index in [-0.39, 0.29) is 49.8 Å². The lowest BCUT2D eigenvalue weighted by Crippen LogP contribution is -2.55. The van der Waals surface area contributed by atoms with Gasteiger partial charge >= 0.3 is 22.3 Å². The summed E-state index contributed by atoms with van der Waals surface area (Å²) in [6.07, 6.45) is 4.26. The fourth-order valence-corrected chi connectivity index (χ4v) is 6.12. The van der Waals surface area contributed by atoms with E-state index in [0.29, 0.717) is 25.8 Å². The van der Waals surface area contributed by atoms with Crippen molar-refractivity contribution in [2.75, 3.05) is 44.6 Å². The first-order valence-electron chi connectivity index (χ1n) is 13.2. The topological polar surface area (TPSA) is 175 Å². The van der Waals surface area contributed by atoms with Crippen LogP contribution in [0.25, 0.3) is 0 Å². The number of hydrogen-bond acceptors (Lipinski definition) is 9. The Bertz CT molecular complexity index is 1330. The van der Waals surface area contributed by atoms with Gasteiger partial charge in [-0.15, -0.1) is 0 Å². The Balaban J connectivity index is 1.12. The van der Waals surface area contributed by atoms with Gasteiger partial charge in [-0.3, -0.25) is 10.1 Å². The maximum atomic E-state index is 13.0. The zero-order chi connectivity index (χ0) is 28.1. The van der Waals surface area contributed by atoms with Crippen molar-refractivity contribution in [1.29, 1.82) is 0 Å². The summed E-state index contributed by atoms with van der Waals surface area (Å²) in [5, 5.41) is 8.68. The lowest BCUT2D eigenvalue weighted by molar-refractivity contribution is 0.0864. The first kappa shape index (κ1) is 27.7. The smallest absolute Gasteiger partial charge is 0.422 e. The summed E-state index contributed by atoms with van der Waals surface area (Å²) in [5.74, 6) is -0.434. The van der Waals surface area contributed by atoms with Crippen LogP contribution in [0, 0.1) is 0 Å². The molecule has 1 aromatic carbocycles. The third kappa shape index (κ3) is 6.66. The van der Waals surface area contributed by atoms with Crippen molar-refractivity contribution in [2.24, 2.45) is 0 Å². The highest BCUT2D eigenvalue weighted by molar-refractivity contribution is 7.87. The van der Waals surface area contributed by atoms with Crippen molar-refractivity contribution in [2.45, 2.75) is 37.8 Å². The summed E-state index contributed by atoms with van der Waals surface area (Å²) in [4.78, 5) is 47.7. The van der Waals surface area contributed by atoms with Crippen molar-refractivity contribution in [3.63, 3.8) is 0 Å². The molecule has 0 saturated carbocycles. The standard InChI is InChI=1S/C25H32N8O6S/c34-23(29-19-14-17-4-1-2-5-18(17)15-19)21-22(28-9-8-27-21)30-24(35)32-10-12-33(13-11-32)40(37,38)31-25(36)39-20-6-3-7-26-16-20/h1-2,4-5,8-9,19-20,26H,3,6-7,10-16H2,(H,29,34)(H,31,36)(H,28,30,35)/t20-/m1/s1. The number of ether oxygens (including phenoxy) is 1. The lowest BCUT2D eigenvalue weighted by Gasteiger charge is -2.33. The highest BCUT2D eigenvalue weighted by Gasteiger charge is 2.32. The van der Waals surface area contributed by atoms with E-state index < -0.39 is 28.2 Å². The Hall–Kier alpha value is -3.82. The highest BCUT2D eigenvalue weighted by atomic mass is 32.2. The number of nitrogens with one attached hydrogen (secondary N) is 4. The number of nitrogens with zero attached hydrogens (tertiary/aromatic N) is 4. The van der Waals surface area contributed by atoms with E-state index >= 15 is 0 Å². The summed E-state index contributed by atoms with van der Waals surface area (Å²) < 4.78 is 33.5. The third-order valence-corrected chi connectivity index (χ3v) is 8.60. The number of piperazine rings is 1. The number of urea groups is 1. The molecule has 40 heavy (non-hydrogen) atoms. The summed E-state index contributed by atoms with van der Waals surface area (Å²) in [7, 11) is -4.14. The van der Waals surface area contributed by atoms with Gasteiger partial charge in [-0.25, -0.2) is 24.3 Å². The van der Waals surface area contributed by atoms with E-state index in [4.69, 9.17) is 4.74 Å². The number of amides is 4. The van der Waals surface area contributed by atoms with E-state index in [1.165, 1.54) is 28.4 Å². The maximum Gasteiger partial charge on any atom is 0.422 e. The molecule has 3 aliphatic rings. The minimum absolute atomic E-state index is 0.0103. The number of aromatic nitrogens is 2. The quantitative estimate of drug-likeness (QED) is 0.378. The van der Waals surface area contributed by atoms with Crippen LogP contribution in [0.15, 0.2) is 36.7 Å². The number of benzene rings is 1. The number of hydrogen-bond donors (Lipinski definition) is 4. The van der Waals surface area contributed by atoms with Gasteiger partial charge in [0, 0.05) is 51.2 Å². The van der Waals surface area contributed by atoms with Crippen LogP contribution in [0.4, 0.5) is 15.4 Å². The first-order chi connectivity index (χ1) is 19.3. The number of fused-ring (bicyclic) bond motifs is 1. The molecule has 4 amide bonds. The number of rotatable bonds is 6. The predicted octanol–water partition coefficient (Wildman–Crippen LogP) is 0.246. The van der Waals surface area contributed by atoms with Crippen LogP contribution in [-0.2, 0) is 27.8 Å². The van der Waals surface area contributed by atoms with Crippen molar-refractivity contribution < 1.29 is 27.5 Å². The number of anilines is 1. The van der Waals surface area contributed by atoms with Gasteiger partial charge in [0.15, 0.2) is 11.5 Å². The first-order valence-corrected chi connectivity index (χ1v) is 14.7. The van der Waals surface area contributed by atoms with Gasteiger partial charge in [0.25, 0.3) is 5.91 Å². The zero-order valence-electron chi connectivity index (χ0n) is 21.8. The number of carbonyl (C=O) groups excluding carboxylic acids is 3. The molecule has 2 saturated heterocycles. The highest BCUT2D eigenvalue weighted by Crippen LogP contribution is 2.22. The summed E-state index contributed by atoms with van der Waals surface area (Å²) in [6, 6.07) is 7.38. The monoisotopic (exact) mass is 572 g/mol. The Labute approximate surface area is 232 Å². The molecule has 2 fully saturated rings. The summed E-state index contributed by atoms with van der Waals surface area (Å²) in [5.41, 5.74) is 2.37. The molecule has 15 heteroatoms. The van der Waals surface area contributed by atoms with E-state index in [2.05, 4.69) is 25.9 Å². The van der Waals surface area contributed by atoms with Gasteiger partial charge in [-0.2, -0.15) is 12.7 Å². The van der Waals surface area contributed by atoms with Crippen LogP contribution in [0.1, 0.15) is 34.5 Å². The Kier molecular flexibility index (Phi) is 8.42. The minimum Gasteiger partial charge on any atom is -0.444 e. The molecule has 2 aliphatic heterocycles. The van der Waals surface area contributed by atoms with Crippen LogP contribution in [0.5, 0.6) is 0 Å². The number of carbonyl (C=O) groups is 3. The molecule has 0 spiro atoms. The average Bonchev–Trinajstić information content (AvgIpc) is 3.36. The van der Waals surface area contributed by atoms with Gasteiger partial charge in [0.2, 0.25) is 0 Å². The Morgan fingerprint density at radius 3 is 2.38 bits per heavy atom. The maximum absolute atomic E-state index is 13.0. The van der Waals surface area contributed by atoms with Crippen LogP contribution >= 0.6 is 0 Å². The van der Waals surface area contributed by atoms with E-state index in [1.807, 2.05) is 29.0 Å². The molecule has 214 valence electrons.